The number of allylic oxidation sites excluding steroid dienone is 2. The zero-order valence-corrected chi connectivity index (χ0v) is 22.5. The number of rotatable bonds is 10. The normalized spacial score (nSPS) is 19.0. The largest absolute Gasteiger partial charge is 0.457 e. The molecule has 1 atom stereocenters. The van der Waals surface area contributed by atoms with E-state index in [0.29, 0.717) is 16.7 Å². The van der Waals surface area contributed by atoms with Gasteiger partial charge in [-0.25, -0.2) is 0 Å². The second-order valence-electron chi connectivity index (χ2n) is 9.83. The van der Waals surface area contributed by atoms with Crippen LogP contribution in [-0.4, -0.2) is 61.1 Å². The fourth-order valence-corrected chi connectivity index (χ4v) is 5.29. The van der Waals surface area contributed by atoms with Crippen molar-refractivity contribution in [3.05, 3.63) is 83.8 Å². The third-order valence-electron chi connectivity index (χ3n) is 7.32. The van der Waals surface area contributed by atoms with Crippen molar-refractivity contribution in [3.63, 3.8) is 0 Å². The van der Waals surface area contributed by atoms with Crippen molar-refractivity contribution in [2.75, 3.05) is 51.2 Å². The summed E-state index contributed by atoms with van der Waals surface area (Å²) in [5.74, 6) is 2.01. The number of benzene rings is 1. The lowest BCUT2D eigenvalue weighted by Crippen LogP contribution is -2.45. The molecule has 4 rings (SSSR count). The Balaban J connectivity index is 1.42. The predicted molar refractivity (Wildman–Crippen MR) is 152 cm³/mol. The molecule has 5 nitrogen and oxygen atoms in total. The molecule has 0 saturated carbocycles. The molecule has 6 heteroatoms. The topological polar surface area (TPSA) is 31.8 Å². The molecule has 1 unspecified atom stereocenters. The van der Waals surface area contributed by atoms with Crippen LogP contribution in [0.3, 0.4) is 0 Å². The molecule has 0 spiro atoms. The summed E-state index contributed by atoms with van der Waals surface area (Å²) in [7, 11) is 2.19. The Labute approximate surface area is 221 Å². The average molecular weight is 507 g/mol. The summed E-state index contributed by atoms with van der Waals surface area (Å²) >= 11 is 6.51. The Morgan fingerprint density at radius 1 is 1.14 bits per heavy atom. The van der Waals surface area contributed by atoms with Gasteiger partial charge in [-0.3, -0.25) is 4.98 Å². The number of piperazine rings is 1. The van der Waals surface area contributed by atoms with E-state index in [1.165, 1.54) is 11.4 Å². The summed E-state index contributed by atoms with van der Waals surface area (Å²) in [6.45, 7) is 17.0. The minimum atomic E-state index is 0.517. The smallest absolute Gasteiger partial charge is 0.136 e. The van der Waals surface area contributed by atoms with E-state index < -0.39 is 0 Å². The minimum absolute atomic E-state index is 0.517. The second-order valence-corrected chi connectivity index (χ2v) is 10.2. The maximum absolute atomic E-state index is 6.51. The van der Waals surface area contributed by atoms with Crippen LogP contribution in [0.5, 0.6) is 5.75 Å². The van der Waals surface area contributed by atoms with E-state index in [9.17, 15) is 0 Å². The van der Waals surface area contributed by atoms with Crippen molar-refractivity contribution in [3.8, 4) is 5.75 Å². The number of likely N-dealkylation sites (N-methyl/N-ethyl adjacent to an activating group) is 1. The van der Waals surface area contributed by atoms with Crippen LogP contribution >= 0.6 is 11.6 Å². The van der Waals surface area contributed by atoms with Crippen molar-refractivity contribution in [1.29, 1.82) is 0 Å². The molecule has 1 aromatic carbocycles. The number of hydrogen-bond donors (Lipinski definition) is 0. The van der Waals surface area contributed by atoms with Crippen LogP contribution in [-0.2, 0) is 6.42 Å². The number of halogens is 1. The average Bonchev–Trinajstić information content (AvgIpc) is 3.38. The van der Waals surface area contributed by atoms with Gasteiger partial charge >= 0.3 is 0 Å². The van der Waals surface area contributed by atoms with Crippen molar-refractivity contribution >= 4 is 23.0 Å². The molecule has 0 aliphatic carbocycles. The minimum Gasteiger partial charge on any atom is -0.457 e. The number of pyridine rings is 1. The molecule has 36 heavy (non-hydrogen) atoms. The van der Waals surface area contributed by atoms with Crippen molar-refractivity contribution in [1.82, 2.24) is 14.8 Å². The highest BCUT2D eigenvalue weighted by Gasteiger charge is 2.28. The Kier molecular flexibility index (Phi) is 9.11. The quantitative estimate of drug-likeness (QED) is 0.280. The van der Waals surface area contributed by atoms with Gasteiger partial charge < -0.3 is 19.4 Å². The molecule has 2 aliphatic heterocycles. The van der Waals surface area contributed by atoms with Gasteiger partial charge in [-0.05, 0) is 62.2 Å². The van der Waals surface area contributed by atoms with Crippen LogP contribution in [0.1, 0.15) is 37.3 Å². The van der Waals surface area contributed by atoms with E-state index in [1.807, 2.05) is 24.4 Å². The van der Waals surface area contributed by atoms with E-state index in [4.69, 9.17) is 16.3 Å². The zero-order chi connectivity index (χ0) is 25.5. The number of nitrogens with zero attached hydrogens (tertiary/aromatic N) is 4. The maximum atomic E-state index is 6.51. The monoisotopic (exact) mass is 506 g/mol. The third-order valence-corrected chi connectivity index (χ3v) is 7.64. The van der Waals surface area contributed by atoms with Crippen LogP contribution in [0.4, 0.5) is 5.69 Å². The molecule has 1 aromatic heterocycles. The van der Waals surface area contributed by atoms with E-state index in [0.717, 1.165) is 81.8 Å². The van der Waals surface area contributed by atoms with E-state index in [1.54, 1.807) is 12.3 Å². The summed E-state index contributed by atoms with van der Waals surface area (Å²) in [5.41, 5.74) is 4.52. The molecule has 0 radical (unpaired) electrons. The van der Waals surface area contributed by atoms with Crippen LogP contribution < -0.4 is 9.64 Å². The van der Waals surface area contributed by atoms with Gasteiger partial charge in [0.1, 0.15) is 11.5 Å². The number of aromatic nitrogens is 1. The van der Waals surface area contributed by atoms with E-state index in [2.05, 4.69) is 58.9 Å². The molecular formula is C30H39ClN4O. The molecule has 2 aliphatic rings. The van der Waals surface area contributed by atoms with E-state index >= 15 is 0 Å². The summed E-state index contributed by atoms with van der Waals surface area (Å²) in [6.07, 6.45) is 11.4. The highest BCUT2D eigenvalue weighted by atomic mass is 35.5. The lowest BCUT2D eigenvalue weighted by atomic mass is 10.0. The van der Waals surface area contributed by atoms with Crippen molar-refractivity contribution < 1.29 is 4.74 Å². The highest BCUT2D eigenvalue weighted by molar-refractivity contribution is 6.31. The summed E-state index contributed by atoms with van der Waals surface area (Å²) in [5, 5.41) is 0.677. The van der Waals surface area contributed by atoms with Gasteiger partial charge in [0.05, 0.1) is 5.02 Å². The van der Waals surface area contributed by atoms with Gasteiger partial charge in [-0.2, -0.15) is 0 Å². The first-order chi connectivity index (χ1) is 17.5. The molecule has 192 valence electrons. The second kappa shape index (κ2) is 12.5. The molecule has 3 heterocycles. The first-order valence-electron chi connectivity index (χ1n) is 13.1. The fourth-order valence-electron chi connectivity index (χ4n) is 5.04. The lowest BCUT2D eigenvalue weighted by molar-refractivity contribution is 0.175. The summed E-state index contributed by atoms with van der Waals surface area (Å²) < 4.78 is 6.33. The first-order valence-corrected chi connectivity index (χ1v) is 13.5. The zero-order valence-electron chi connectivity index (χ0n) is 21.8. The number of unbranched alkanes of at least 4 members (excludes halogenated alkanes) is 1. The number of ether oxygens (including phenoxy) is 1. The van der Waals surface area contributed by atoms with Crippen molar-refractivity contribution in [2.45, 2.75) is 32.6 Å². The van der Waals surface area contributed by atoms with Crippen LogP contribution in [0, 0.1) is 5.92 Å². The lowest BCUT2D eigenvalue weighted by Gasteiger charge is -2.37. The van der Waals surface area contributed by atoms with Crippen LogP contribution in [0.2, 0.25) is 5.02 Å². The Morgan fingerprint density at radius 2 is 1.89 bits per heavy atom. The standard InChI is InChI=1S/C30H39ClN4O/c1-5-7-9-27-28(20-32-21-29(27)31)30(8-6-2)36-26-12-10-25(11-13-26)35-15-14-24(22-35)23(3)34-18-16-33(4)17-19-34/h6,8,10-13,20-21,24H,2-3,5,7,9,14-19,22H2,1,4H3/b30-8+. The SMILES string of the molecule is C=C/C=C(/Oc1ccc(N2CCC(C(=C)N3CCN(C)CC3)C2)cc1)c1cncc(Cl)c1CCCC. The van der Waals surface area contributed by atoms with Gasteiger partial charge in [0.2, 0.25) is 0 Å². The maximum Gasteiger partial charge on any atom is 0.136 e. The molecular weight excluding hydrogens is 468 g/mol. The molecule has 0 amide bonds. The predicted octanol–water partition coefficient (Wildman–Crippen LogP) is 6.27. The summed E-state index contributed by atoms with van der Waals surface area (Å²) in [6, 6.07) is 8.38. The van der Waals surface area contributed by atoms with Crippen LogP contribution in [0.25, 0.3) is 5.76 Å². The molecule has 0 bridgehead atoms. The Bertz CT molecular complexity index is 1070. The van der Waals surface area contributed by atoms with Gasteiger partial charge in [0.15, 0.2) is 0 Å². The highest BCUT2D eigenvalue weighted by Crippen LogP contribution is 2.32. The number of hydrogen-bond acceptors (Lipinski definition) is 5. The molecule has 2 aromatic rings. The fraction of sp³-hybridized carbons (Fsp3) is 0.433. The van der Waals surface area contributed by atoms with Gasteiger partial charge in [-0.1, -0.05) is 44.2 Å². The molecule has 2 fully saturated rings. The van der Waals surface area contributed by atoms with Crippen LogP contribution in [0.15, 0.2) is 67.7 Å². The van der Waals surface area contributed by atoms with E-state index in [-0.39, 0.29) is 0 Å². The molecule has 0 N–H and O–H groups in total. The van der Waals surface area contributed by atoms with Gasteiger partial charge in [0, 0.05) is 74.5 Å². The third kappa shape index (κ3) is 6.32. The Hall–Kier alpha value is -2.76. The molecule has 2 saturated heterocycles. The summed E-state index contributed by atoms with van der Waals surface area (Å²) in [4.78, 5) is 11.6. The van der Waals surface area contributed by atoms with Gasteiger partial charge in [-0.15, -0.1) is 0 Å². The first kappa shape index (κ1) is 26.3. The van der Waals surface area contributed by atoms with Crippen molar-refractivity contribution in [2.24, 2.45) is 5.92 Å². The van der Waals surface area contributed by atoms with Gasteiger partial charge in [0.25, 0.3) is 0 Å². The Morgan fingerprint density at radius 3 is 2.58 bits per heavy atom. The number of anilines is 1.